The average molecular weight is 298 g/mol. The van der Waals surface area contributed by atoms with Crippen molar-refractivity contribution in [2.45, 2.75) is 46.1 Å². The SMILES string of the molecule is CCCNC(CCN(CC)CC)Cc1cccc(F)c1F. The van der Waals surface area contributed by atoms with Crippen LogP contribution in [0.4, 0.5) is 8.78 Å². The van der Waals surface area contributed by atoms with Gasteiger partial charge in [-0.05, 0) is 57.1 Å². The van der Waals surface area contributed by atoms with Crippen molar-refractivity contribution in [2.75, 3.05) is 26.2 Å². The van der Waals surface area contributed by atoms with E-state index in [9.17, 15) is 8.78 Å². The van der Waals surface area contributed by atoms with Crippen molar-refractivity contribution in [3.05, 3.63) is 35.4 Å². The van der Waals surface area contributed by atoms with E-state index in [4.69, 9.17) is 0 Å². The molecule has 1 aromatic rings. The maximum Gasteiger partial charge on any atom is 0.162 e. The van der Waals surface area contributed by atoms with Crippen LogP contribution in [-0.2, 0) is 6.42 Å². The molecule has 0 amide bonds. The van der Waals surface area contributed by atoms with Gasteiger partial charge in [0.1, 0.15) is 0 Å². The molecule has 21 heavy (non-hydrogen) atoms. The molecule has 0 spiro atoms. The molecule has 2 nitrogen and oxygen atoms in total. The summed E-state index contributed by atoms with van der Waals surface area (Å²) < 4.78 is 27.1. The summed E-state index contributed by atoms with van der Waals surface area (Å²) in [6.45, 7) is 10.3. The van der Waals surface area contributed by atoms with Crippen LogP contribution in [-0.4, -0.2) is 37.1 Å². The Morgan fingerprint density at radius 2 is 1.86 bits per heavy atom. The van der Waals surface area contributed by atoms with Crippen LogP contribution in [0.25, 0.3) is 0 Å². The van der Waals surface area contributed by atoms with Crippen molar-refractivity contribution < 1.29 is 8.78 Å². The van der Waals surface area contributed by atoms with Crippen LogP contribution in [0.1, 0.15) is 39.2 Å². The number of hydrogen-bond acceptors (Lipinski definition) is 2. The number of benzene rings is 1. The first-order valence-electron chi connectivity index (χ1n) is 8.00. The van der Waals surface area contributed by atoms with Gasteiger partial charge in [-0.3, -0.25) is 0 Å². The third-order valence-electron chi connectivity index (χ3n) is 3.87. The zero-order valence-corrected chi connectivity index (χ0v) is 13.5. The molecule has 0 saturated heterocycles. The highest BCUT2D eigenvalue weighted by Gasteiger charge is 2.15. The Labute approximate surface area is 127 Å². The number of hydrogen-bond donors (Lipinski definition) is 1. The van der Waals surface area contributed by atoms with E-state index in [0.29, 0.717) is 12.0 Å². The molecule has 0 aliphatic carbocycles. The van der Waals surface area contributed by atoms with Crippen molar-refractivity contribution in [1.82, 2.24) is 10.2 Å². The molecule has 0 aliphatic rings. The number of halogens is 2. The lowest BCUT2D eigenvalue weighted by Gasteiger charge is -2.24. The molecule has 0 fully saturated rings. The minimum Gasteiger partial charge on any atom is -0.314 e. The largest absolute Gasteiger partial charge is 0.314 e. The Morgan fingerprint density at radius 3 is 2.48 bits per heavy atom. The van der Waals surface area contributed by atoms with E-state index in [0.717, 1.165) is 39.0 Å². The molecule has 0 heterocycles. The molecule has 0 bridgehead atoms. The summed E-state index contributed by atoms with van der Waals surface area (Å²) in [7, 11) is 0. The molecule has 1 atom stereocenters. The summed E-state index contributed by atoms with van der Waals surface area (Å²) >= 11 is 0. The summed E-state index contributed by atoms with van der Waals surface area (Å²) in [6.07, 6.45) is 2.51. The lowest BCUT2D eigenvalue weighted by atomic mass is 10.0. The molecule has 0 aliphatic heterocycles. The van der Waals surface area contributed by atoms with E-state index in [1.54, 1.807) is 12.1 Å². The molecule has 1 rings (SSSR count). The van der Waals surface area contributed by atoms with Gasteiger partial charge < -0.3 is 10.2 Å². The Balaban J connectivity index is 2.66. The van der Waals surface area contributed by atoms with Gasteiger partial charge in [-0.15, -0.1) is 0 Å². The molecule has 4 heteroatoms. The minimum atomic E-state index is -0.759. The normalized spacial score (nSPS) is 12.9. The van der Waals surface area contributed by atoms with Gasteiger partial charge in [0.15, 0.2) is 11.6 Å². The third kappa shape index (κ3) is 6.10. The quantitative estimate of drug-likeness (QED) is 0.710. The van der Waals surface area contributed by atoms with Crippen LogP contribution < -0.4 is 5.32 Å². The number of rotatable bonds is 10. The van der Waals surface area contributed by atoms with Crippen LogP contribution in [0, 0.1) is 11.6 Å². The fourth-order valence-electron chi connectivity index (χ4n) is 2.47. The highest BCUT2D eigenvalue weighted by Crippen LogP contribution is 2.14. The summed E-state index contributed by atoms with van der Waals surface area (Å²) in [5, 5.41) is 3.45. The summed E-state index contributed by atoms with van der Waals surface area (Å²) in [5.74, 6) is -1.46. The van der Waals surface area contributed by atoms with Gasteiger partial charge in [0.2, 0.25) is 0 Å². The van der Waals surface area contributed by atoms with E-state index >= 15 is 0 Å². The Morgan fingerprint density at radius 1 is 1.14 bits per heavy atom. The molecule has 1 aromatic carbocycles. The van der Waals surface area contributed by atoms with Crippen molar-refractivity contribution in [2.24, 2.45) is 0 Å². The van der Waals surface area contributed by atoms with Gasteiger partial charge in [0.05, 0.1) is 0 Å². The van der Waals surface area contributed by atoms with E-state index in [-0.39, 0.29) is 6.04 Å². The molecular formula is C17H28F2N2. The molecule has 1 N–H and O–H groups in total. The number of nitrogens with zero attached hydrogens (tertiary/aromatic N) is 1. The molecule has 0 saturated carbocycles. The summed E-state index contributed by atoms with van der Waals surface area (Å²) in [5.41, 5.74) is 0.461. The van der Waals surface area contributed by atoms with Crippen LogP contribution in [0.5, 0.6) is 0 Å². The third-order valence-corrected chi connectivity index (χ3v) is 3.87. The smallest absolute Gasteiger partial charge is 0.162 e. The van der Waals surface area contributed by atoms with Gasteiger partial charge in [-0.1, -0.05) is 32.9 Å². The fourth-order valence-corrected chi connectivity index (χ4v) is 2.47. The highest BCUT2D eigenvalue weighted by atomic mass is 19.2. The van der Waals surface area contributed by atoms with Gasteiger partial charge in [-0.25, -0.2) is 8.78 Å². The molecule has 120 valence electrons. The predicted octanol–water partition coefficient (Wildman–Crippen LogP) is 3.61. The standard InChI is InChI=1S/C17H28F2N2/c1-4-11-20-15(10-12-21(5-2)6-3)13-14-8-7-9-16(18)17(14)19/h7-9,15,20H,4-6,10-13H2,1-3H3. The van der Waals surface area contributed by atoms with Gasteiger partial charge in [0, 0.05) is 6.04 Å². The van der Waals surface area contributed by atoms with Crippen molar-refractivity contribution in [3.63, 3.8) is 0 Å². The summed E-state index contributed by atoms with van der Waals surface area (Å²) in [6, 6.07) is 4.61. The maximum absolute atomic E-state index is 13.8. The monoisotopic (exact) mass is 298 g/mol. The number of nitrogens with one attached hydrogen (secondary N) is 1. The lowest BCUT2D eigenvalue weighted by Crippen LogP contribution is -2.36. The van der Waals surface area contributed by atoms with Crippen LogP contribution in [0.2, 0.25) is 0 Å². The topological polar surface area (TPSA) is 15.3 Å². The Kier molecular flexibility index (Phi) is 8.47. The van der Waals surface area contributed by atoms with Crippen LogP contribution >= 0.6 is 0 Å². The molecule has 0 aromatic heterocycles. The van der Waals surface area contributed by atoms with Crippen molar-refractivity contribution in [1.29, 1.82) is 0 Å². The second kappa shape index (κ2) is 9.85. The van der Waals surface area contributed by atoms with E-state index < -0.39 is 11.6 Å². The van der Waals surface area contributed by atoms with Crippen molar-refractivity contribution in [3.8, 4) is 0 Å². The average Bonchev–Trinajstić information content (AvgIpc) is 2.49. The second-order valence-electron chi connectivity index (χ2n) is 5.38. The van der Waals surface area contributed by atoms with Gasteiger partial charge in [0.25, 0.3) is 0 Å². The first-order valence-corrected chi connectivity index (χ1v) is 8.00. The van der Waals surface area contributed by atoms with E-state index in [1.807, 2.05) is 0 Å². The Bertz CT molecular complexity index is 406. The molecular weight excluding hydrogens is 270 g/mol. The maximum atomic E-state index is 13.8. The molecule has 0 radical (unpaired) electrons. The molecule has 1 unspecified atom stereocenters. The van der Waals surface area contributed by atoms with Crippen molar-refractivity contribution >= 4 is 0 Å². The second-order valence-corrected chi connectivity index (χ2v) is 5.38. The van der Waals surface area contributed by atoms with Crippen LogP contribution in [0.15, 0.2) is 18.2 Å². The van der Waals surface area contributed by atoms with Gasteiger partial charge >= 0.3 is 0 Å². The predicted molar refractivity (Wildman–Crippen MR) is 84.5 cm³/mol. The zero-order chi connectivity index (χ0) is 15.7. The first-order chi connectivity index (χ1) is 10.1. The Hall–Kier alpha value is -1.00. The zero-order valence-electron chi connectivity index (χ0n) is 13.5. The summed E-state index contributed by atoms with van der Waals surface area (Å²) in [4.78, 5) is 2.35. The first kappa shape index (κ1) is 18.1. The highest BCUT2D eigenvalue weighted by molar-refractivity contribution is 5.20. The fraction of sp³-hybridized carbons (Fsp3) is 0.647. The van der Waals surface area contributed by atoms with E-state index in [2.05, 4.69) is 31.0 Å². The van der Waals surface area contributed by atoms with Crippen LogP contribution in [0.3, 0.4) is 0 Å². The van der Waals surface area contributed by atoms with E-state index in [1.165, 1.54) is 6.07 Å². The minimum absolute atomic E-state index is 0.182. The lowest BCUT2D eigenvalue weighted by molar-refractivity contribution is 0.279. The van der Waals surface area contributed by atoms with Gasteiger partial charge in [-0.2, -0.15) is 0 Å².